The van der Waals surface area contributed by atoms with E-state index in [4.69, 9.17) is 15.0 Å². The number of pyridine rings is 1. The van der Waals surface area contributed by atoms with E-state index in [1.54, 1.807) is 0 Å². The quantitative estimate of drug-likeness (QED) is 0.169. The van der Waals surface area contributed by atoms with Crippen LogP contribution in [0, 0.1) is 0 Å². The molecule has 0 aliphatic carbocycles. The second kappa shape index (κ2) is 14.0. The van der Waals surface area contributed by atoms with Crippen LogP contribution in [0.4, 0.5) is 0 Å². The monoisotopic (exact) mass is 782 g/mol. The first-order valence-corrected chi connectivity index (χ1v) is 21.0. The van der Waals surface area contributed by atoms with Crippen molar-refractivity contribution in [3.05, 3.63) is 206 Å². The van der Waals surface area contributed by atoms with Gasteiger partial charge in [0.1, 0.15) is 0 Å². The van der Waals surface area contributed by atoms with Crippen LogP contribution in [0.25, 0.3) is 115 Å². The maximum atomic E-state index is 5.46. The Hall–Kier alpha value is -7.73. The minimum atomic E-state index is 0.662. The van der Waals surface area contributed by atoms with Crippen molar-refractivity contribution in [3.8, 4) is 62.0 Å². The molecule has 60 heavy (non-hydrogen) atoms. The van der Waals surface area contributed by atoms with Gasteiger partial charge in [0.2, 0.25) is 0 Å². The van der Waals surface area contributed by atoms with Crippen molar-refractivity contribution in [1.29, 1.82) is 0 Å². The van der Waals surface area contributed by atoms with Crippen molar-refractivity contribution in [2.45, 2.75) is 0 Å². The molecular weight excluding hydrogens is 749 g/mol. The number of nitrogens with zero attached hydrogens (tertiary/aromatic N) is 4. The molecule has 0 spiro atoms. The smallest absolute Gasteiger partial charge is 0.160 e. The normalized spacial score (nSPS) is 11.7. The summed E-state index contributed by atoms with van der Waals surface area (Å²) in [6.07, 6.45) is 0. The van der Waals surface area contributed by atoms with E-state index in [-0.39, 0.29) is 0 Å². The summed E-state index contributed by atoms with van der Waals surface area (Å²) < 4.78 is 4.77. The molecule has 0 saturated carbocycles. The maximum absolute atomic E-state index is 5.46. The molecule has 0 fully saturated rings. The first-order valence-electron chi connectivity index (χ1n) is 20.2. The van der Waals surface area contributed by atoms with Crippen molar-refractivity contribution in [2.75, 3.05) is 0 Å². The molecule has 12 rings (SSSR count). The van der Waals surface area contributed by atoms with E-state index in [9.17, 15) is 0 Å². The van der Waals surface area contributed by atoms with Gasteiger partial charge in [0.25, 0.3) is 0 Å². The lowest BCUT2D eigenvalue weighted by Gasteiger charge is -2.13. The van der Waals surface area contributed by atoms with Gasteiger partial charge in [-0.25, -0.2) is 15.0 Å². The van der Waals surface area contributed by atoms with E-state index in [2.05, 4.69) is 205 Å². The highest BCUT2D eigenvalue weighted by atomic mass is 32.1. The van der Waals surface area contributed by atoms with Gasteiger partial charge in [-0.15, -0.1) is 11.3 Å². The average Bonchev–Trinajstić information content (AvgIpc) is 3.88. The summed E-state index contributed by atoms with van der Waals surface area (Å²) in [7, 11) is 0. The predicted octanol–water partition coefficient (Wildman–Crippen LogP) is 14.8. The fourth-order valence-corrected chi connectivity index (χ4v) is 10.1. The molecule has 0 bridgehead atoms. The molecule has 0 saturated heterocycles. The molecule has 0 aliphatic rings. The molecule has 0 N–H and O–H groups in total. The van der Waals surface area contributed by atoms with Crippen molar-refractivity contribution >= 4 is 64.2 Å². The largest absolute Gasteiger partial charge is 0.309 e. The summed E-state index contributed by atoms with van der Waals surface area (Å²) in [6.45, 7) is 0. The highest BCUT2D eigenvalue weighted by Gasteiger charge is 2.20. The molecule has 0 unspecified atom stereocenters. The lowest BCUT2D eigenvalue weighted by molar-refractivity contribution is 1.16. The number of aromatic nitrogens is 4. The van der Waals surface area contributed by atoms with Crippen LogP contribution in [-0.4, -0.2) is 19.5 Å². The van der Waals surface area contributed by atoms with Gasteiger partial charge in [0.15, 0.2) is 5.82 Å². The minimum Gasteiger partial charge on any atom is -0.309 e. The number of fused-ring (bicyclic) bond motifs is 8. The van der Waals surface area contributed by atoms with Crippen LogP contribution in [0.1, 0.15) is 0 Å². The van der Waals surface area contributed by atoms with Crippen LogP contribution in [0.5, 0.6) is 0 Å². The molecule has 0 aliphatic heterocycles. The third-order valence-electron chi connectivity index (χ3n) is 11.6. The van der Waals surface area contributed by atoms with Crippen molar-refractivity contribution in [1.82, 2.24) is 19.5 Å². The molecule has 0 atom stereocenters. The fourth-order valence-electron chi connectivity index (χ4n) is 8.87. The van der Waals surface area contributed by atoms with Gasteiger partial charge in [-0.2, -0.15) is 0 Å². The van der Waals surface area contributed by atoms with E-state index < -0.39 is 0 Å². The first-order chi connectivity index (χ1) is 29.7. The number of hydrogen-bond donors (Lipinski definition) is 0. The van der Waals surface area contributed by atoms with Crippen LogP contribution < -0.4 is 0 Å². The lowest BCUT2D eigenvalue weighted by Crippen LogP contribution is -1.98. The van der Waals surface area contributed by atoms with E-state index in [1.807, 2.05) is 17.4 Å². The Kier molecular flexibility index (Phi) is 8.00. The summed E-state index contributed by atoms with van der Waals surface area (Å²) in [6, 6.07) is 72.9. The molecule has 12 aromatic rings. The Morgan fingerprint density at radius 3 is 1.73 bits per heavy atom. The third-order valence-corrected chi connectivity index (χ3v) is 12.8. The Morgan fingerprint density at radius 2 is 0.967 bits per heavy atom. The minimum absolute atomic E-state index is 0.662. The highest BCUT2D eigenvalue weighted by Crippen LogP contribution is 2.46. The van der Waals surface area contributed by atoms with E-state index in [0.717, 1.165) is 50.5 Å². The third kappa shape index (κ3) is 5.63. The summed E-state index contributed by atoms with van der Waals surface area (Å²) >= 11 is 1.81. The summed E-state index contributed by atoms with van der Waals surface area (Å²) in [5.74, 6) is 0.662. The Labute approximate surface area is 350 Å². The van der Waals surface area contributed by atoms with Gasteiger partial charge < -0.3 is 4.57 Å². The van der Waals surface area contributed by atoms with Crippen LogP contribution in [0.3, 0.4) is 0 Å². The summed E-state index contributed by atoms with van der Waals surface area (Å²) in [5, 5.41) is 6.15. The Bertz CT molecular complexity index is 3550. The van der Waals surface area contributed by atoms with Crippen LogP contribution in [-0.2, 0) is 0 Å². The topological polar surface area (TPSA) is 43.6 Å². The Balaban J connectivity index is 1.04. The van der Waals surface area contributed by atoms with Gasteiger partial charge in [-0.3, -0.25) is 0 Å². The van der Waals surface area contributed by atoms with Gasteiger partial charge >= 0.3 is 0 Å². The summed E-state index contributed by atoms with van der Waals surface area (Å²) in [5.41, 5.74) is 13.5. The molecule has 280 valence electrons. The molecule has 8 aromatic carbocycles. The fraction of sp³-hybridized carbons (Fsp3) is 0. The lowest BCUT2D eigenvalue weighted by atomic mass is 9.95. The van der Waals surface area contributed by atoms with E-state index >= 15 is 0 Å². The van der Waals surface area contributed by atoms with Gasteiger partial charge in [-0.1, -0.05) is 158 Å². The van der Waals surface area contributed by atoms with Gasteiger partial charge in [0.05, 0.1) is 38.3 Å². The van der Waals surface area contributed by atoms with E-state index in [1.165, 1.54) is 58.5 Å². The zero-order valence-electron chi connectivity index (χ0n) is 32.3. The molecule has 4 heterocycles. The predicted molar refractivity (Wildman–Crippen MR) is 252 cm³/mol. The Morgan fingerprint density at radius 1 is 0.383 bits per heavy atom. The van der Waals surface area contributed by atoms with Crippen molar-refractivity contribution < 1.29 is 0 Å². The van der Waals surface area contributed by atoms with Crippen molar-refractivity contribution in [2.24, 2.45) is 0 Å². The zero-order valence-corrected chi connectivity index (χ0v) is 33.1. The number of thiophene rings is 1. The average molecular weight is 783 g/mol. The summed E-state index contributed by atoms with van der Waals surface area (Å²) in [4.78, 5) is 16.0. The number of rotatable bonds is 6. The van der Waals surface area contributed by atoms with E-state index in [0.29, 0.717) is 5.82 Å². The zero-order chi connectivity index (χ0) is 39.6. The molecule has 5 heteroatoms. The highest BCUT2D eigenvalue weighted by molar-refractivity contribution is 7.26. The molecule has 0 amide bonds. The first kappa shape index (κ1) is 34.3. The number of hydrogen-bond acceptors (Lipinski definition) is 4. The second-order valence-electron chi connectivity index (χ2n) is 15.2. The van der Waals surface area contributed by atoms with Crippen LogP contribution in [0.2, 0.25) is 0 Å². The number of benzene rings is 8. The van der Waals surface area contributed by atoms with Crippen molar-refractivity contribution in [3.63, 3.8) is 0 Å². The molecule has 4 nitrogen and oxygen atoms in total. The van der Waals surface area contributed by atoms with Crippen LogP contribution in [0.15, 0.2) is 206 Å². The molecular formula is C55H34N4S. The van der Waals surface area contributed by atoms with Gasteiger partial charge in [-0.05, 0) is 59.7 Å². The SMILES string of the molecule is c1ccc(-c2cc(-c3cccc(-n4c5ccccc5c5ccccc54)c3)nc(-c3cccc(-c4nc5cccc(-c6ccccc6)c5c5c4sc4ccccc45)c3)n2)cc1. The second-order valence-corrected chi connectivity index (χ2v) is 16.2. The number of para-hydroxylation sites is 2. The standard InChI is InChI=1S/C55H34N4S/c1-3-16-35(17-4-1)41-27-15-28-45-51(41)52-44-26-9-12-31-50(44)60-54(52)53(56-45)38-21-13-22-39(32-38)55-57-46(36-18-5-2-6-19-36)34-47(58-55)37-20-14-23-40(33-37)59-48-29-10-7-24-42(48)43-25-8-11-30-49(43)59/h1-34H. The van der Waals surface area contributed by atoms with Crippen LogP contribution >= 0.6 is 11.3 Å². The molecule has 4 aromatic heterocycles. The maximum Gasteiger partial charge on any atom is 0.160 e. The molecule has 0 radical (unpaired) electrons. The van der Waals surface area contributed by atoms with Gasteiger partial charge in [0, 0.05) is 59.6 Å².